The lowest BCUT2D eigenvalue weighted by atomic mass is 9.97. The van der Waals surface area contributed by atoms with Crippen LogP contribution in [0.15, 0.2) is 55.0 Å². The molecule has 0 aliphatic carbocycles. The second kappa shape index (κ2) is 6.78. The van der Waals surface area contributed by atoms with Crippen LogP contribution in [0, 0.1) is 5.92 Å². The Kier molecular flexibility index (Phi) is 4.18. The van der Waals surface area contributed by atoms with Crippen LogP contribution in [0.25, 0.3) is 11.3 Å². The maximum absolute atomic E-state index is 4.62. The molecule has 0 amide bonds. The van der Waals surface area contributed by atoms with E-state index in [0.717, 1.165) is 49.7 Å². The van der Waals surface area contributed by atoms with Crippen molar-refractivity contribution in [3.63, 3.8) is 0 Å². The van der Waals surface area contributed by atoms with Gasteiger partial charge in [0.05, 0.1) is 12.7 Å². The Hall–Kier alpha value is -2.76. The average molecular weight is 320 g/mol. The Labute approximate surface area is 141 Å². The number of rotatable bonds is 4. The van der Waals surface area contributed by atoms with Gasteiger partial charge >= 0.3 is 0 Å². The molecule has 1 aliphatic rings. The number of nitrogens with zero attached hydrogens (tertiary/aromatic N) is 6. The van der Waals surface area contributed by atoms with Gasteiger partial charge in [-0.25, -0.2) is 9.97 Å². The van der Waals surface area contributed by atoms with Crippen molar-refractivity contribution in [1.29, 1.82) is 0 Å². The van der Waals surface area contributed by atoms with Crippen molar-refractivity contribution in [1.82, 2.24) is 25.0 Å². The molecule has 2 aromatic heterocycles. The Bertz CT molecular complexity index is 762. The zero-order valence-corrected chi connectivity index (χ0v) is 13.5. The molecule has 3 heterocycles. The molecular weight excluding hydrogens is 300 g/mol. The molecule has 3 aromatic rings. The van der Waals surface area contributed by atoms with Gasteiger partial charge in [0.1, 0.15) is 5.69 Å². The average Bonchev–Trinajstić information content (AvgIpc) is 3.12. The summed E-state index contributed by atoms with van der Waals surface area (Å²) in [5.41, 5.74) is 2.05. The quantitative estimate of drug-likeness (QED) is 0.739. The van der Waals surface area contributed by atoms with Gasteiger partial charge in [-0.05, 0) is 24.8 Å². The highest BCUT2D eigenvalue weighted by atomic mass is 15.5. The fourth-order valence-electron chi connectivity index (χ4n) is 3.13. The number of hydrogen-bond acceptors (Lipinski definition) is 5. The third-order valence-corrected chi connectivity index (χ3v) is 4.48. The second-order valence-corrected chi connectivity index (χ2v) is 6.13. The predicted octanol–water partition coefficient (Wildman–Crippen LogP) is 2.65. The van der Waals surface area contributed by atoms with Crippen LogP contribution in [-0.2, 0) is 6.54 Å². The van der Waals surface area contributed by atoms with E-state index >= 15 is 0 Å². The Morgan fingerprint density at radius 3 is 2.46 bits per heavy atom. The zero-order valence-electron chi connectivity index (χ0n) is 13.5. The molecule has 1 fully saturated rings. The minimum absolute atomic E-state index is 0.598. The third-order valence-electron chi connectivity index (χ3n) is 4.48. The summed E-state index contributed by atoms with van der Waals surface area (Å²) in [6.07, 6.45) is 7.67. The summed E-state index contributed by atoms with van der Waals surface area (Å²) in [5, 5.41) is 9.05. The normalized spacial score (nSPS) is 15.6. The van der Waals surface area contributed by atoms with E-state index in [9.17, 15) is 0 Å². The number of anilines is 1. The lowest BCUT2D eigenvalue weighted by molar-refractivity contribution is 0.322. The van der Waals surface area contributed by atoms with E-state index in [1.54, 1.807) is 12.4 Å². The monoisotopic (exact) mass is 320 g/mol. The summed E-state index contributed by atoms with van der Waals surface area (Å²) in [6, 6.07) is 12.0. The minimum Gasteiger partial charge on any atom is -0.341 e. The molecule has 0 saturated carbocycles. The first-order valence-electron chi connectivity index (χ1n) is 8.36. The fourth-order valence-corrected chi connectivity index (χ4v) is 3.13. The van der Waals surface area contributed by atoms with Crippen molar-refractivity contribution in [2.75, 3.05) is 18.0 Å². The Morgan fingerprint density at radius 2 is 1.71 bits per heavy atom. The fraction of sp³-hybridized carbons (Fsp3) is 0.333. The largest absolute Gasteiger partial charge is 0.341 e. The van der Waals surface area contributed by atoms with Crippen LogP contribution in [-0.4, -0.2) is 38.1 Å². The van der Waals surface area contributed by atoms with Gasteiger partial charge in [0, 0.05) is 31.0 Å². The van der Waals surface area contributed by atoms with Crippen molar-refractivity contribution in [3.8, 4) is 11.3 Å². The third kappa shape index (κ3) is 3.27. The van der Waals surface area contributed by atoms with Gasteiger partial charge in [-0.2, -0.15) is 15.0 Å². The van der Waals surface area contributed by atoms with Crippen LogP contribution in [0.1, 0.15) is 12.8 Å². The molecule has 0 bridgehead atoms. The first-order chi connectivity index (χ1) is 11.9. The summed E-state index contributed by atoms with van der Waals surface area (Å²) in [5.74, 6) is 1.43. The van der Waals surface area contributed by atoms with Gasteiger partial charge in [-0.15, -0.1) is 0 Å². The van der Waals surface area contributed by atoms with Gasteiger partial charge in [0.2, 0.25) is 5.95 Å². The van der Waals surface area contributed by atoms with E-state index in [1.807, 2.05) is 35.3 Å². The summed E-state index contributed by atoms with van der Waals surface area (Å²) in [7, 11) is 0. The first kappa shape index (κ1) is 14.8. The van der Waals surface area contributed by atoms with Gasteiger partial charge < -0.3 is 4.90 Å². The molecule has 1 aliphatic heterocycles. The standard InChI is InChI=1S/C18H20N6/c1-2-5-16(6-3-1)17-13-21-24(22-17)14-15-7-11-23(12-8-15)18-19-9-4-10-20-18/h1-6,9-10,13,15H,7-8,11-12,14H2. The molecule has 6 nitrogen and oxygen atoms in total. The molecule has 1 aromatic carbocycles. The summed E-state index contributed by atoms with van der Waals surface area (Å²) < 4.78 is 0. The molecule has 4 rings (SSSR count). The topological polar surface area (TPSA) is 59.7 Å². The van der Waals surface area contributed by atoms with Crippen molar-refractivity contribution < 1.29 is 0 Å². The molecule has 6 heteroatoms. The van der Waals surface area contributed by atoms with Crippen LogP contribution in [0.2, 0.25) is 0 Å². The van der Waals surface area contributed by atoms with Crippen molar-refractivity contribution in [2.45, 2.75) is 19.4 Å². The summed E-state index contributed by atoms with van der Waals surface area (Å²) in [4.78, 5) is 12.8. The molecule has 0 atom stereocenters. The molecule has 122 valence electrons. The molecule has 0 spiro atoms. The lowest BCUT2D eigenvalue weighted by Gasteiger charge is -2.31. The van der Waals surface area contributed by atoms with Crippen LogP contribution in [0.3, 0.4) is 0 Å². The van der Waals surface area contributed by atoms with E-state index < -0.39 is 0 Å². The number of benzene rings is 1. The van der Waals surface area contributed by atoms with E-state index in [2.05, 4.69) is 37.2 Å². The maximum atomic E-state index is 4.62. The first-order valence-corrected chi connectivity index (χ1v) is 8.36. The molecule has 1 saturated heterocycles. The van der Waals surface area contributed by atoms with Gasteiger partial charge in [0.25, 0.3) is 0 Å². The van der Waals surface area contributed by atoms with Crippen molar-refractivity contribution in [3.05, 3.63) is 55.0 Å². The smallest absolute Gasteiger partial charge is 0.225 e. The van der Waals surface area contributed by atoms with E-state index in [-0.39, 0.29) is 0 Å². The van der Waals surface area contributed by atoms with Crippen LogP contribution < -0.4 is 4.90 Å². The molecule has 24 heavy (non-hydrogen) atoms. The second-order valence-electron chi connectivity index (χ2n) is 6.13. The van der Waals surface area contributed by atoms with Gasteiger partial charge in [0.15, 0.2) is 0 Å². The molecule has 0 unspecified atom stereocenters. The van der Waals surface area contributed by atoms with Crippen LogP contribution in [0.5, 0.6) is 0 Å². The predicted molar refractivity (Wildman–Crippen MR) is 92.4 cm³/mol. The SMILES string of the molecule is c1ccc(-c2cnn(CC3CCN(c4ncccn4)CC3)n2)cc1. The Balaban J connectivity index is 1.35. The zero-order chi connectivity index (χ0) is 16.2. The highest BCUT2D eigenvalue weighted by Crippen LogP contribution is 2.22. The molecule has 0 radical (unpaired) electrons. The van der Waals surface area contributed by atoms with Gasteiger partial charge in [-0.3, -0.25) is 0 Å². The van der Waals surface area contributed by atoms with Crippen LogP contribution >= 0.6 is 0 Å². The summed E-state index contributed by atoms with van der Waals surface area (Å²) >= 11 is 0. The number of aromatic nitrogens is 5. The van der Waals surface area contributed by atoms with E-state index in [0.29, 0.717) is 5.92 Å². The van der Waals surface area contributed by atoms with E-state index in [4.69, 9.17) is 0 Å². The Morgan fingerprint density at radius 1 is 0.958 bits per heavy atom. The summed E-state index contributed by atoms with van der Waals surface area (Å²) in [6.45, 7) is 2.85. The highest BCUT2D eigenvalue weighted by Gasteiger charge is 2.21. The van der Waals surface area contributed by atoms with Crippen LogP contribution in [0.4, 0.5) is 5.95 Å². The minimum atomic E-state index is 0.598. The lowest BCUT2D eigenvalue weighted by Crippen LogP contribution is -2.36. The van der Waals surface area contributed by atoms with Crippen molar-refractivity contribution >= 4 is 5.95 Å². The van der Waals surface area contributed by atoms with E-state index in [1.165, 1.54) is 0 Å². The molecule has 0 N–H and O–H groups in total. The number of piperidine rings is 1. The van der Waals surface area contributed by atoms with Crippen molar-refractivity contribution in [2.24, 2.45) is 5.92 Å². The maximum Gasteiger partial charge on any atom is 0.225 e. The highest BCUT2D eigenvalue weighted by molar-refractivity contribution is 5.56. The van der Waals surface area contributed by atoms with Gasteiger partial charge in [-0.1, -0.05) is 30.3 Å². The molecular formula is C18H20N6. The number of hydrogen-bond donors (Lipinski definition) is 0.